The number of amides is 1. The highest BCUT2D eigenvalue weighted by Crippen LogP contribution is 2.26. The molecule has 0 aliphatic carbocycles. The fourth-order valence-electron chi connectivity index (χ4n) is 1.61. The van der Waals surface area contributed by atoms with Gasteiger partial charge in [-0.15, -0.1) is 11.3 Å². The molecule has 0 bridgehead atoms. The van der Waals surface area contributed by atoms with E-state index in [0.717, 1.165) is 11.3 Å². The van der Waals surface area contributed by atoms with Crippen LogP contribution in [0.5, 0.6) is 0 Å². The average Bonchev–Trinajstić information content (AvgIpc) is 3.04. The van der Waals surface area contributed by atoms with Crippen LogP contribution in [0.2, 0.25) is 0 Å². The van der Waals surface area contributed by atoms with E-state index in [1.54, 1.807) is 37.3 Å². The fraction of sp³-hybridized carbons (Fsp3) is 0.133. The maximum absolute atomic E-state index is 11.4. The normalized spacial score (nSPS) is 9.35. The standard InChI is InChI=1S/C15H12N6OS/c1-2-14(22)19-15-18-13(9-23-15)10-4-3-5-11(6-10)20-21-12(7-16)8-17/h3-6,9,20H,2H2,1H3,(H,18,19,22). The van der Waals surface area contributed by atoms with Crippen molar-refractivity contribution in [1.82, 2.24) is 4.98 Å². The van der Waals surface area contributed by atoms with Crippen molar-refractivity contribution in [3.63, 3.8) is 0 Å². The van der Waals surface area contributed by atoms with Gasteiger partial charge in [-0.1, -0.05) is 19.1 Å². The minimum atomic E-state index is -0.256. The van der Waals surface area contributed by atoms with Crippen LogP contribution in [-0.4, -0.2) is 16.6 Å². The zero-order valence-electron chi connectivity index (χ0n) is 12.2. The minimum Gasteiger partial charge on any atom is -0.302 e. The van der Waals surface area contributed by atoms with E-state index in [1.807, 2.05) is 11.4 Å². The Labute approximate surface area is 136 Å². The number of hydrogen-bond donors (Lipinski definition) is 2. The number of rotatable bonds is 5. The van der Waals surface area contributed by atoms with Crippen molar-refractivity contribution in [1.29, 1.82) is 10.5 Å². The van der Waals surface area contributed by atoms with Gasteiger partial charge in [-0.25, -0.2) is 4.98 Å². The molecule has 0 atom stereocenters. The number of benzene rings is 1. The van der Waals surface area contributed by atoms with Crippen molar-refractivity contribution in [2.24, 2.45) is 5.10 Å². The summed E-state index contributed by atoms with van der Waals surface area (Å²) in [5, 5.41) is 26.1. The van der Waals surface area contributed by atoms with E-state index in [4.69, 9.17) is 10.5 Å². The summed E-state index contributed by atoms with van der Waals surface area (Å²) in [6.45, 7) is 1.77. The molecule has 1 amide bonds. The predicted molar refractivity (Wildman–Crippen MR) is 88.8 cm³/mol. The molecule has 1 aromatic carbocycles. The van der Waals surface area contributed by atoms with Crippen molar-refractivity contribution in [2.75, 3.05) is 10.7 Å². The summed E-state index contributed by atoms with van der Waals surface area (Å²) in [4.78, 5) is 15.7. The third-order valence-electron chi connectivity index (χ3n) is 2.74. The summed E-state index contributed by atoms with van der Waals surface area (Å²) in [5.74, 6) is -0.0869. The van der Waals surface area contributed by atoms with Crippen molar-refractivity contribution in [3.8, 4) is 23.4 Å². The monoisotopic (exact) mass is 324 g/mol. The Bertz CT molecular complexity index is 811. The molecule has 114 valence electrons. The molecule has 0 saturated carbocycles. The number of anilines is 2. The smallest absolute Gasteiger partial charge is 0.237 e. The summed E-state index contributed by atoms with van der Waals surface area (Å²) in [5.41, 5.74) is 4.57. The van der Waals surface area contributed by atoms with E-state index < -0.39 is 0 Å². The Morgan fingerprint density at radius 3 is 2.87 bits per heavy atom. The maximum atomic E-state index is 11.4. The number of nitrogens with one attached hydrogen (secondary N) is 2. The predicted octanol–water partition coefficient (Wildman–Crippen LogP) is 2.97. The molecule has 0 spiro atoms. The number of nitriles is 2. The molecular weight excluding hydrogens is 312 g/mol. The number of nitrogens with zero attached hydrogens (tertiary/aromatic N) is 4. The highest BCUT2D eigenvalue weighted by atomic mass is 32.1. The van der Waals surface area contributed by atoms with E-state index in [2.05, 4.69) is 20.8 Å². The SMILES string of the molecule is CCC(=O)Nc1nc(-c2cccc(NN=C(C#N)C#N)c2)cs1. The largest absolute Gasteiger partial charge is 0.302 e. The first-order valence-electron chi connectivity index (χ1n) is 6.66. The van der Waals surface area contributed by atoms with Crippen LogP contribution in [0, 0.1) is 22.7 Å². The van der Waals surface area contributed by atoms with E-state index >= 15 is 0 Å². The van der Waals surface area contributed by atoms with Crippen molar-refractivity contribution < 1.29 is 4.79 Å². The Morgan fingerprint density at radius 2 is 2.17 bits per heavy atom. The highest BCUT2D eigenvalue weighted by Gasteiger charge is 2.07. The average molecular weight is 324 g/mol. The van der Waals surface area contributed by atoms with Crippen LogP contribution in [0.3, 0.4) is 0 Å². The lowest BCUT2D eigenvalue weighted by Crippen LogP contribution is -2.08. The molecule has 0 saturated heterocycles. The third kappa shape index (κ3) is 4.37. The van der Waals surface area contributed by atoms with Gasteiger partial charge in [0, 0.05) is 17.4 Å². The highest BCUT2D eigenvalue weighted by molar-refractivity contribution is 7.14. The molecule has 0 aliphatic rings. The van der Waals surface area contributed by atoms with Gasteiger partial charge in [-0.3, -0.25) is 10.2 Å². The number of hydrazone groups is 1. The Hall–Kier alpha value is -3.23. The quantitative estimate of drug-likeness (QED) is 0.648. The molecule has 23 heavy (non-hydrogen) atoms. The first-order valence-corrected chi connectivity index (χ1v) is 7.54. The second-order valence-corrected chi connectivity index (χ2v) is 5.17. The van der Waals surface area contributed by atoms with Crippen molar-refractivity contribution >= 4 is 33.8 Å². The lowest BCUT2D eigenvalue weighted by molar-refractivity contribution is -0.115. The van der Waals surface area contributed by atoms with E-state index in [-0.39, 0.29) is 11.6 Å². The molecule has 0 radical (unpaired) electrons. The molecule has 8 heteroatoms. The number of thiazole rings is 1. The van der Waals surface area contributed by atoms with Crippen LogP contribution >= 0.6 is 11.3 Å². The van der Waals surface area contributed by atoms with Gasteiger partial charge in [0.05, 0.1) is 11.4 Å². The van der Waals surface area contributed by atoms with E-state index in [9.17, 15) is 4.79 Å². The zero-order valence-corrected chi connectivity index (χ0v) is 13.0. The third-order valence-corrected chi connectivity index (χ3v) is 3.50. The lowest BCUT2D eigenvalue weighted by atomic mass is 10.1. The topological polar surface area (TPSA) is 114 Å². The van der Waals surface area contributed by atoms with Gasteiger partial charge in [0.15, 0.2) is 5.13 Å². The fourth-order valence-corrected chi connectivity index (χ4v) is 2.35. The van der Waals surface area contributed by atoms with Gasteiger partial charge in [0.1, 0.15) is 12.1 Å². The molecule has 0 unspecified atom stereocenters. The molecule has 2 N–H and O–H groups in total. The maximum Gasteiger partial charge on any atom is 0.237 e. The first kappa shape index (κ1) is 16.1. The molecule has 2 aromatic rings. The molecule has 7 nitrogen and oxygen atoms in total. The summed E-state index contributed by atoms with van der Waals surface area (Å²) < 4.78 is 0. The van der Waals surface area contributed by atoms with Gasteiger partial charge in [-0.2, -0.15) is 15.6 Å². The second-order valence-electron chi connectivity index (χ2n) is 4.32. The van der Waals surface area contributed by atoms with Gasteiger partial charge in [0.2, 0.25) is 11.6 Å². The molecular formula is C15H12N6OS. The Morgan fingerprint density at radius 1 is 1.39 bits per heavy atom. The Kier molecular flexibility index (Phi) is 5.40. The number of carbonyl (C=O) groups is 1. The first-order chi connectivity index (χ1) is 11.2. The van der Waals surface area contributed by atoms with Crippen LogP contribution in [0.25, 0.3) is 11.3 Å². The lowest BCUT2D eigenvalue weighted by Gasteiger charge is -2.02. The van der Waals surface area contributed by atoms with Crippen LogP contribution in [0.15, 0.2) is 34.7 Å². The van der Waals surface area contributed by atoms with Crippen LogP contribution in [0.1, 0.15) is 13.3 Å². The second kappa shape index (κ2) is 7.69. The molecule has 1 heterocycles. The number of aromatic nitrogens is 1. The van der Waals surface area contributed by atoms with Gasteiger partial charge < -0.3 is 5.32 Å². The summed E-state index contributed by atoms with van der Waals surface area (Å²) in [7, 11) is 0. The van der Waals surface area contributed by atoms with Crippen molar-refractivity contribution in [3.05, 3.63) is 29.6 Å². The van der Waals surface area contributed by atoms with Gasteiger partial charge in [-0.05, 0) is 12.1 Å². The van der Waals surface area contributed by atoms with E-state index in [1.165, 1.54) is 11.3 Å². The van der Waals surface area contributed by atoms with Crippen LogP contribution < -0.4 is 10.7 Å². The summed E-state index contributed by atoms with van der Waals surface area (Å²) in [6.07, 6.45) is 0.395. The van der Waals surface area contributed by atoms with E-state index in [0.29, 0.717) is 17.2 Å². The number of carbonyl (C=O) groups excluding carboxylic acids is 1. The Balaban J connectivity index is 2.17. The van der Waals surface area contributed by atoms with Crippen LogP contribution in [0.4, 0.5) is 10.8 Å². The summed E-state index contributed by atoms with van der Waals surface area (Å²) >= 11 is 1.34. The van der Waals surface area contributed by atoms with Crippen LogP contribution in [-0.2, 0) is 4.79 Å². The minimum absolute atomic E-state index is 0.0869. The molecule has 0 aliphatic heterocycles. The van der Waals surface area contributed by atoms with Gasteiger partial charge in [0.25, 0.3) is 0 Å². The molecule has 1 aromatic heterocycles. The zero-order chi connectivity index (χ0) is 16.7. The molecule has 0 fully saturated rings. The molecule has 2 rings (SSSR count). The van der Waals surface area contributed by atoms with Crippen molar-refractivity contribution in [2.45, 2.75) is 13.3 Å². The van der Waals surface area contributed by atoms with Gasteiger partial charge >= 0.3 is 0 Å². The number of hydrogen-bond acceptors (Lipinski definition) is 7. The summed E-state index contributed by atoms with van der Waals surface area (Å²) in [6, 6.07) is 10.6.